The van der Waals surface area contributed by atoms with Crippen molar-refractivity contribution in [2.24, 2.45) is 0 Å². The van der Waals surface area contributed by atoms with Crippen LogP contribution in [0.25, 0.3) is 10.2 Å². The van der Waals surface area contributed by atoms with Crippen LogP contribution in [0.4, 0.5) is 0 Å². The van der Waals surface area contributed by atoms with Crippen molar-refractivity contribution in [1.82, 2.24) is 20.6 Å². The Balaban J connectivity index is 1.51. The van der Waals surface area contributed by atoms with Gasteiger partial charge in [-0.3, -0.25) is 25.1 Å². The summed E-state index contributed by atoms with van der Waals surface area (Å²) in [6, 6.07) is 13.4. The van der Waals surface area contributed by atoms with E-state index in [1.165, 1.54) is 17.6 Å². The molecule has 3 heterocycles. The molecule has 4 aromatic rings. The highest BCUT2D eigenvalue weighted by Crippen LogP contribution is 2.28. The summed E-state index contributed by atoms with van der Waals surface area (Å²) in [4.78, 5) is 26.0. The summed E-state index contributed by atoms with van der Waals surface area (Å²) in [6.45, 7) is 4.23. The number of hydrazine groups is 1. The lowest BCUT2D eigenvalue weighted by Crippen LogP contribution is -2.41. The molecule has 0 spiro atoms. The lowest BCUT2D eigenvalue weighted by Gasteiger charge is -2.05. The molecule has 0 saturated heterocycles. The summed E-state index contributed by atoms with van der Waals surface area (Å²) in [5.41, 5.74) is 7.24. The van der Waals surface area contributed by atoms with Gasteiger partial charge < -0.3 is 4.42 Å². The first-order valence-electron chi connectivity index (χ1n) is 8.68. The van der Waals surface area contributed by atoms with Gasteiger partial charge in [-0.05, 0) is 31.5 Å². The number of carbonyl (C=O) groups excluding carboxylic acids is 2. The monoisotopic (exact) mass is 394 g/mol. The zero-order chi connectivity index (χ0) is 19.7. The molecule has 28 heavy (non-hydrogen) atoms. The van der Waals surface area contributed by atoms with Crippen LogP contribution in [0.1, 0.15) is 37.0 Å². The first-order valence-corrected chi connectivity index (χ1v) is 9.50. The molecule has 0 radical (unpaired) electrons. The number of fused-ring (bicyclic) bond motifs is 1. The number of rotatable bonds is 4. The zero-order valence-electron chi connectivity index (χ0n) is 15.4. The van der Waals surface area contributed by atoms with Gasteiger partial charge in [0.05, 0.1) is 28.9 Å². The maximum Gasteiger partial charge on any atom is 0.279 e. The number of nitrogens with zero attached hydrogens (tertiary/aromatic N) is 2. The number of nitrogens with one attached hydrogen (secondary N) is 2. The van der Waals surface area contributed by atoms with Crippen LogP contribution >= 0.6 is 11.3 Å². The van der Waals surface area contributed by atoms with Gasteiger partial charge in [-0.25, -0.2) is 0 Å². The van der Waals surface area contributed by atoms with Crippen LogP contribution in [0.2, 0.25) is 0 Å². The van der Waals surface area contributed by atoms with Crippen LogP contribution < -0.4 is 10.9 Å². The molecule has 142 valence electrons. The van der Waals surface area contributed by atoms with E-state index in [0.29, 0.717) is 22.7 Å². The highest BCUT2D eigenvalue weighted by Gasteiger charge is 2.18. The Bertz CT molecular complexity index is 1160. The van der Waals surface area contributed by atoms with Gasteiger partial charge in [0.25, 0.3) is 11.8 Å². The van der Waals surface area contributed by atoms with E-state index in [2.05, 4.69) is 16.0 Å². The van der Waals surface area contributed by atoms with Gasteiger partial charge in [-0.1, -0.05) is 30.3 Å². The largest absolute Gasteiger partial charge is 0.469 e. The van der Waals surface area contributed by atoms with E-state index >= 15 is 0 Å². The molecule has 7 nitrogen and oxygen atoms in total. The van der Waals surface area contributed by atoms with Crippen LogP contribution in [0.5, 0.6) is 0 Å². The number of aromatic nitrogens is 2. The third-order valence-electron chi connectivity index (χ3n) is 4.40. The van der Waals surface area contributed by atoms with E-state index in [1.807, 2.05) is 41.9 Å². The maximum absolute atomic E-state index is 12.5. The second kappa shape index (κ2) is 7.32. The molecular formula is C20H18N4O3S. The molecule has 1 aromatic carbocycles. The normalized spacial score (nSPS) is 10.9. The van der Waals surface area contributed by atoms with Crippen LogP contribution in [-0.4, -0.2) is 21.6 Å². The Morgan fingerprint density at radius 1 is 1.11 bits per heavy atom. The van der Waals surface area contributed by atoms with Crippen LogP contribution in [0.15, 0.2) is 53.1 Å². The topological polar surface area (TPSA) is 89.2 Å². The summed E-state index contributed by atoms with van der Waals surface area (Å²) < 4.78 is 7.00. The number of furan rings is 1. The molecule has 4 rings (SSSR count). The third kappa shape index (κ3) is 3.41. The molecule has 0 aliphatic carbocycles. The molecule has 0 saturated carbocycles. The summed E-state index contributed by atoms with van der Waals surface area (Å²) >= 11 is 1.34. The molecule has 0 unspecified atom stereocenters. The van der Waals surface area contributed by atoms with Gasteiger partial charge in [0.2, 0.25) is 0 Å². The molecule has 0 fully saturated rings. The van der Waals surface area contributed by atoms with E-state index in [-0.39, 0.29) is 5.91 Å². The lowest BCUT2D eigenvalue weighted by atomic mass is 10.2. The number of carbonyl (C=O) groups is 2. The summed E-state index contributed by atoms with van der Waals surface area (Å²) in [7, 11) is 0. The molecule has 0 atom stereocenters. The number of aryl methyl sites for hydroxylation is 2. The highest BCUT2D eigenvalue weighted by atomic mass is 32.1. The van der Waals surface area contributed by atoms with Crippen LogP contribution in [0, 0.1) is 13.8 Å². The van der Waals surface area contributed by atoms with Gasteiger partial charge in [-0.2, -0.15) is 5.10 Å². The predicted molar refractivity (Wildman–Crippen MR) is 106 cm³/mol. The minimum absolute atomic E-state index is 0.374. The maximum atomic E-state index is 12.5. The van der Waals surface area contributed by atoms with Crippen molar-refractivity contribution in [3.8, 4) is 0 Å². The zero-order valence-corrected chi connectivity index (χ0v) is 16.2. The third-order valence-corrected chi connectivity index (χ3v) is 5.55. The summed E-state index contributed by atoms with van der Waals surface area (Å²) in [6.07, 6.45) is 1.43. The second-order valence-electron chi connectivity index (χ2n) is 6.36. The molecular weight excluding hydrogens is 376 g/mol. The van der Waals surface area contributed by atoms with Gasteiger partial charge in [-0.15, -0.1) is 11.3 Å². The first-order chi connectivity index (χ1) is 13.5. The van der Waals surface area contributed by atoms with Crippen molar-refractivity contribution in [2.75, 3.05) is 0 Å². The predicted octanol–water partition coefficient (Wildman–Crippen LogP) is 3.43. The van der Waals surface area contributed by atoms with E-state index in [1.54, 1.807) is 19.1 Å². The SMILES string of the molecule is Cc1occc1C(=O)NNC(=O)c1cc2c(C)nn(Cc3ccccc3)c2s1. The fourth-order valence-corrected chi connectivity index (χ4v) is 4.01. The Hall–Kier alpha value is -3.39. The quantitative estimate of drug-likeness (QED) is 0.519. The van der Waals surface area contributed by atoms with Crippen molar-refractivity contribution in [3.63, 3.8) is 0 Å². The molecule has 3 aromatic heterocycles. The molecule has 0 aliphatic heterocycles. The van der Waals surface area contributed by atoms with E-state index in [4.69, 9.17) is 4.42 Å². The van der Waals surface area contributed by atoms with Crippen molar-refractivity contribution < 1.29 is 14.0 Å². The van der Waals surface area contributed by atoms with Crippen molar-refractivity contribution >= 4 is 33.4 Å². The Morgan fingerprint density at radius 2 is 1.86 bits per heavy atom. The molecule has 0 bridgehead atoms. The van der Waals surface area contributed by atoms with E-state index in [0.717, 1.165) is 21.5 Å². The van der Waals surface area contributed by atoms with Crippen molar-refractivity contribution in [1.29, 1.82) is 0 Å². The number of hydrogen-bond donors (Lipinski definition) is 2. The number of amides is 2. The van der Waals surface area contributed by atoms with Crippen LogP contribution in [-0.2, 0) is 6.54 Å². The highest BCUT2D eigenvalue weighted by molar-refractivity contribution is 7.20. The Kier molecular flexibility index (Phi) is 4.70. The van der Waals surface area contributed by atoms with Gasteiger partial charge in [0.1, 0.15) is 10.6 Å². The number of thiophene rings is 1. The van der Waals surface area contributed by atoms with Crippen molar-refractivity contribution in [2.45, 2.75) is 20.4 Å². The first kappa shape index (κ1) is 18.0. The Labute approximate surface area is 164 Å². The van der Waals surface area contributed by atoms with Gasteiger partial charge in [0, 0.05) is 5.39 Å². The second-order valence-corrected chi connectivity index (χ2v) is 7.39. The molecule has 8 heteroatoms. The fourth-order valence-electron chi connectivity index (χ4n) is 2.95. The van der Waals surface area contributed by atoms with Crippen molar-refractivity contribution in [3.05, 3.63) is 76.2 Å². The van der Waals surface area contributed by atoms with Gasteiger partial charge in [0.15, 0.2) is 0 Å². The van der Waals surface area contributed by atoms with Crippen LogP contribution in [0.3, 0.4) is 0 Å². The van der Waals surface area contributed by atoms with E-state index < -0.39 is 5.91 Å². The summed E-state index contributed by atoms with van der Waals surface area (Å²) in [5, 5.41) is 5.51. The molecule has 2 N–H and O–H groups in total. The van der Waals surface area contributed by atoms with E-state index in [9.17, 15) is 9.59 Å². The standard InChI is InChI=1S/C20H18N4O3S/c1-12-16-10-17(19(26)22-21-18(25)15-8-9-27-13(15)2)28-20(16)24(23-12)11-14-6-4-3-5-7-14/h3-10H,11H2,1-2H3,(H,21,25)(H,22,26). The minimum Gasteiger partial charge on any atom is -0.469 e. The average molecular weight is 394 g/mol. The summed E-state index contributed by atoms with van der Waals surface area (Å²) in [5.74, 6) is -0.307. The lowest BCUT2D eigenvalue weighted by molar-refractivity contribution is 0.0848. The number of benzene rings is 1. The average Bonchev–Trinajstić information content (AvgIpc) is 3.38. The Morgan fingerprint density at radius 3 is 2.57 bits per heavy atom. The van der Waals surface area contributed by atoms with Gasteiger partial charge >= 0.3 is 0 Å². The smallest absolute Gasteiger partial charge is 0.279 e. The number of hydrogen-bond acceptors (Lipinski definition) is 5. The molecule has 2 amide bonds. The fraction of sp³-hybridized carbons (Fsp3) is 0.150. The minimum atomic E-state index is -0.424. The molecule has 0 aliphatic rings.